The van der Waals surface area contributed by atoms with E-state index in [0.29, 0.717) is 10.0 Å². The highest BCUT2D eigenvalue weighted by Gasteiger charge is 2.16. The summed E-state index contributed by atoms with van der Waals surface area (Å²) in [7, 11) is 1.76. The van der Waals surface area contributed by atoms with Gasteiger partial charge in [-0.1, -0.05) is 28.1 Å². The summed E-state index contributed by atoms with van der Waals surface area (Å²) in [6, 6.07) is 8.90. The molecule has 106 valence electrons. The number of ether oxygens (including phenoxy) is 1. The van der Waals surface area contributed by atoms with Gasteiger partial charge in [0, 0.05) is 16.1 Å². The summed E-state index contributed by atoms with van der Waals surface area (Å²) in [5.74, 6) is -1.05. The van der Waals surface area contributed by atoms with Crippen LogP contribution in [0.25, 0.3) is 0 Å². The summed E-state index contributed by atoms with van der Waals surface area (Å²) >= 11 is 3.17. The molecule has 0 spiro atoms. The molecule has 0 bridgehead atoms. The third kappa shape index (κ3) is 3.16. The van der Waals surface area contributed by atoms with Crippen molar-refractivity contribution in [3.8, 4) is 11.5 Å². The van der Waals surface area contributed by atoms with Crippen molar-refractivity contribution in [2.45, 2.75) is 13.0 Å². The highest BCUT2D eigenvalue weighted by molar-refractivity contribution is 9.10. The first-order chi connectivity index (χ1) is 9.52. The molecule has 1 unspecified atom stereocenters. The van der Waals surface area contributed by atoms with E-state index in [9.17, 15) is 8.78 Å². The average Bonchev–Trinajstić information content (AvgIpc) is 2.42. The molecular formula is C15H14BrF2NO. The van der Waals surface area contributed by atoms with Crippen LogP contribution in [-0.2, 0) is 0 Å². The van der Waals surface area contributed by atoms with Crippen LogP contribution in [0.5, 0.6) is 11.5 Å². The molecule has 2 rings (SSSR count). The molecule has 1 atom stereocenters. The fourth-order valence-electron chi connectivity index (χ4n) is 1.80. The number of benzene rings is 2. The fourth-order valence-corrected chi connectivity index (χ4v) is 2.13. The Kier molecular flexibility index (Phi) is 4.73. The largest absolute Gasteiger partial charge is 0.451 e. The Labute approximate surface area is 124 Å². The van der Waals surface area contributed by atoms with Gasteiger partial charge < -0.3 is 10.1 Å². The van der Waals surface area contributed by atoms with E-state index in [1.54, 1.807) is 25.2 Å². The zero-order valence-corrected chi connectivity index (χ0v) is 12.7. The molecule has 1 N–H and O–H groups in total. The minimum atomic E-state index is -0.550. The van der Waals surface area contributed by atoms with Crippen molar-refractivity contribution < 1.29 is 13.5 Å². The van der Waals surface area contributed by atoms with E-state index in [4.69, 9.17) is 4.74 Å². The third-order valence-electron chi connectivity index (χ3n) is 3.00. The van der Waals surface area contributed by atoms with Crippen LogP contribution in [-0.4, -0.2) is 7.05 Å². The monoisotopic (exact) mass is 341 g/mol. The standard InChI is InChI=1S/C15H14BrF2NO/c1-9(19-2)11-4-3-5-12(17)15(11)20-14-7-6-10(16)8-13(14)18/h3-9,19H,1-2H3. The van der Waals surface area contributed by atoms with E-state index in [2.05, 4.69) is 21.2 Å². The molecule has 0 aliphatic carbocycles. The van der Waals surface area contributed by atoms with Crippen molar-refractivity contribution in [1.29, 1.82) is 0 Å². The maximum Gasteiger partial charge on any atom is 0.167 e. The van der Waals surface area contributed by atoms with Gasteiger partial charge in [0.2, 0.25) is 0 Å². The molecule has 0 fully saturated rings. The van der Waals surface area contributed by atoms with Gasteiger partial charge in [-0.15, -0.1) is 0 Å². The smallest absolute Gasteiger partial charge is 0.167 e. The van der Waals surface area contributed by atoms with E-state index < -0.39 is 11.6 Å². The van der Waals surface area contributed by atoms with Crippen LogP contribution < -0.4 is 10.1 Å². The molecule has 0 radical (unpaired) electrons. The van der Waals surface area contributed by atoms with Gasteiger partial charge in [0.25, 0.3) is 0 Å². The average molecular weight is 342 g/mol. The molecule has 0 aromatic heterocycles. The van der Waals surface area contributed by atoms with Crippen LogP contribution in [0.4, 0.5) is 8.78 Å². The molecule has 2 nitrogen and oxygen atoms in total. The minimum Gasteiger partial charge on any atom is -0.451 e. The molecular weight excluding hydrogens is 328 g/mol. The first kappa shape index (κ1) is 14.9. The lowest BCUT2D eigenvalue weighted by atomic mass is 10.1. The molecule has 5 heteroatoms. The van der Waals surface area contributed by atoms with Crippen molar-refractivity contribution >= 4 is 15.9 Å². The summed E-state index contributed by atoms with van der Waals surface area (Å²) in [6.45, 7) is 1.87. The summed E-state index contributed by atoms with van der Waals surface area (Å²) in [5, 5.41) is 3.01. The molecule has 2 aromatic rings. The Morgan fingerprint density at radius 2 is 1.90 bits per heavy atom. The lowest BCUT2D eigenvalue weighted by Gasteiger charge is -2.17. The molecule has 0 aliphatic rings. The second-order valence-corrected chi connectivity index (χ2v) is 5.26. The van der Waals surface area contributed by atoms with Gasteiger partial charge in [-0.2, -0.15) is 0 Å². The van der Waals surface area contributed by atoms with Gasteiger partial charge in [-0.25, -0.2) is 8.78 Å². The summed E-state index contributed by atoms with van der Waals surface area (Å²) in [6.07, 6.45) is 0. The number of hydrogen-bond donors (Lipinski definition) is 1. The van der Waals surface area contributed by atoms with Crippen molar-refractivity contribution in [3.05, 3.63) is 58.1 Å². The number of hydrogen-bond acceptors (Lipinski definition) is 2. The molecule has 0 saturated heterocycles. The Morgan fingerprint density at radius 3 is 2.55 bits per heavy atom. The van der Waals surface area contributed by atoms with Crippen LogP contribution in [0.2, 0.25) is 0 Å². The van der Waals surface area contributed by atoms with Crippen LogP contribution in [0.1, 0.15) is 18.5 Å². The quantitative estimate of drug-likeness (QED) is 0.862. The number of rotatable bonds is 4. The SMILES string of the molecule is CNC(C)c1cccc(F)c1Oc1ccc(Br)cc1F. The van der Waals surface area contributed by atoms with Gasteiger partial charge >= 0.3 is 0 Å². The summed E-state index contributed by atoms with van der Waals surface area (Å²) < 4.78 is 33.8. The van der Waals surface area contributed by atoms with E-state index in [0.717, 1.165) is 0 Å². The van der Waals surface area contributed by atoms with Gasteiger partial charge in [-0.3, -0.25) is 0 Å². The molecule has 2 aromatic carbocycles. The Balaban J connectivity index is 2.42. The highest BCUT2D eigenvalue weighted by Crippen LogP contribution is 2.34. The molecule has 0 aliphatic heterocycles. The van der Waals surface area contributed by atoms with Crippen molar-refractivity contribution in [3.63, 3.8) is 0 Å². The van der Waals surface area contributed by atoms with E-state index in [1.165, 1.54) is 18.2 Å². The number of halogens is 3. The summed E-state index contributed by atoms with van der Waals surface area (Å²) in [5.41, 5.74) is 0.634. The highest BCUT2D eigenvalue weighted by atomic mass is 79.9. The van der Waals surface area contributed by atoms with Crippen molar-refractivity contribution in [2.75, 3.05) is 7.05 Å². The van der Waals surface area contributed by atoms with E-state index >= 15 is 0 Å². The van der Waals surface area contributed by atoms with Gasteiger partial charge in [0.1, 0.15) is 0 Å². The topological polar surface area (TPSA) is 21.3 Å². The minimum absolute atomic E-state index is 0.0112. The maximum atomic E-state index is 14.0. The van der Waals surface area contributed by atoms with Crippen LogP contribution in [0, 0.1) is 11.6 Å². The second kappa shape index (κ2) is 6.33. The Morgan fingerprint density at radius 1 is 1.15 bits per heavy atom. The lowest BCUT2D eigenvalue weighted by molar-refractivity contribution is 0.404. The van der Waals surface area contributed by atoms with Crippen molar-refractivity contribution in [1.82, 2.24) is 5.32 Å². The van der Waals surface area contributed by atoms with E-state index in [1.807, 2.05) is 6.92 Å². The van der Waals surface area contributed by atoms with Crippen LogP contribution in [0.15, 0.2) is 40.9 Å². The first-order valence-electron chi connectivity index (χ1n) is 6.11. The van der Waals surface area contributed by atoms with Crippen LogP contribution in [0.3, 0.4) is 0 Å². The van der Waals surface area contributed by atoms with Gasteiger partial charge in [0.05, 0.1) is 0 Å². The predicted molar refractivity (Wildman–Crippen MR) is 78.0 cm³/mol. The molecule has 20 heavy (non-hydrogen) atoms. The second-order valence-electron chi connectivity index (χ2n) is 4.35. The van der Waals surface area contributed by atoms with Gasteiger partial charge in [0.15, 0.2) is 23.1 Å². The van der Waals surface area contributed by atoms with E-state index in [-0.39, 0.29) is 17.5 Å². The van der Waals surface area contributed by atoms with Crippen molar-refractivity contribution in [2.24, 2.45) is 0 Å². The maximum absolute atomic E-state index is 14.0. The predicted octanol–water partition coefficient (Wildman–Crippen LogP) is 4.80. The number of para-hydroxylation sites is 1. The molecule has 0 saturated carbocycles. The molecule has 0 amide bonds. The zero-order chi connectivity index (χ0) is 14.7. The first-order valence-corrected chi connectivity index (χ1v) is 6.90. The normalized spacial score (nSPS) is 12.2. The zero-order valence-electron chi connectivity index (χ0n) is 11.1. The Bertz CT molecular complexity index is 619. The summed E-state index contributed by atoms with van der Waals surface area (Å²) in [4.78, 5) is 0. The number of nitrogens with one attached hydrogen (secondary N) is 1. The van der Waals surface area contributed by atoms with Gasteiger partial charge in [-0.05, 0) is 38.2 Å². The molecule has 0 heterocycles. The lowest BCUT2D eigenvalue weighted by Crippen LogP contribution is -2.13. The third-order valence-corrected chi connectivity index (χ3v) is 3.50. The fraction of sp³-hybridized carbons (Fsp3) is 0.200. The Hall–Kier alpha value is -1.46. The van der Waals surface area contributed by atoms with Crippen LogP contribution >= 0.6 is 15.9 Å².